The molecule has 2 bridgehead atoms. The van der Waals surface area contributed by atoms with Crippen LogP contribution in [0.3, 0.4) is 0 Å². The lowest BCUT2D eigenvalue weighted by molar-refractivity contribution is -0.343. The molecule has 3 aromatic rings. The first kappa shape index (κ1) is 40.4. The van der Waals surface area contributed by atoms with E-state index in [0.717, 1.165) is 12.1 Å². The van der Waals surface area contributed by atoms with Gasteiger partial charge < -0.3 is 45.1 Å². The van der Waals surface area contributed by atoms with Crippen molar-refractivity contribution in [1.29, 1.82) is 0 Å². The second kappa shape index (κ2) is 14.5. The summed E-state index contributed by atoms with van der Waals surface area (Å²) in [5.41, 5.74) is -7.39. The number of benzene rings is 3. The zero-order valence-electron chi connectivity index (χ0n) is 31.8. The third-order valence-electron chi connectivity index (χ3n) is 13.0. The van der Waals surface area contributed by atoms with Gasteiger partial charge in [0.15, 0.2) is 11.9 Å². The van der Waals surface area contributed by atoms with Crippen LogP contribution in [0.5, 0.6) is 0 Å². The van der Waals surface area contributed by atoms with Crippen LogP contribution in [-0.4, -0.2) is 104 Å². The van der Waals surface area contributed by atoms with Crippen molar-refractivity contribution in [2.75, 3.05) is 6.61 Å². The Bertz CT molecular complexity index is 2090. The van der Waals surface area contributed by atoms with Gasteiger partial charge in [-0.2, -0.15) is 0 Å². The number of fused-ring (bicyclic) bond motifs is 5. The van der Waals surface area contributed by atoms with Gasteiger partial charge in [-0.05, 0) is 67.0 Å². The molecule has 0 spiro atoms. The highest BCUT2D eigenvalue weighted by molar-refractivity contribution is 5.95. The third kappa shape index (κ3) is 6.39. The number of nitrogens with one attached hydrogen (secondary N) is 1. The summed E-state index contributed by atoms with van der Waals surface area (Å²) in [7, 11) is 0. The maximum Gasteiger partial charge on any atom is 0.338 e. The first-order chi connectivity index (χ1) is 26.9. The Morgan fingerprint density at radius 1 is 0.895 bits per heavy atom. The number of amides is 1. The lowest BCUT2D eigenvalue weighted by atomic mass is 9.44. The van der Waals surface area contributed by atoms with Crippen LogP contribution in [0.25, 0.3) is 0 Å². The van der Waals surface area contributed by atoms with E-state index in [-0.39, 0.29) is 40.9 Å². The highest BCUT2D eigenvalue weighted by Crippen LogP contribution is 2.63. The first-order valence-corrected chi connectivity index (χ1v) is 18.8. The third-order valence-corrected chi connectivity index (χ3v) is 13.0. The number of rotatable bonds is 8. The molecule has 3 fully saturated rings. The van der Waals surface area contributed by atoms with E-state index in [1.165, 1.54) is 64.1 Å². The van der Waals surface area contributed by atoms with Crippen LogP contribution in [-0.2, 0) is 23.8 Å². The van der Waals surface area contributed by atoms with Gasteiger partial charge in [-0.15, -0.1) is 0 Å². The van der Waals surface area contributed by atoms with Crippen molar-refractivity contribution in [3.63, 3.8) is 0 Å². The molecule has 1 aliphatic heterocycles. The summed E-state index contributed by atoms with van der Waals surface area (Å²) in [6.07, 6.45) is -10.7. The van der Waals surface area contributed by atoms with Gasteiger partial charge >= 0.3 is 11.9 Å². The molecule has 7 rings (SSSR count). The van der Waals surface area contributed by atoms with E-state index in [0.29, 0.717) is 0 Å². The molecule has 13 nitrogen and oxygen atoms in total. The van der Waals surface area contributed by atoms with Gasteiger partial charge in [0.25, 0.3) is 5.91 Å². The number of esters is 2. The number of Topliss-reactive ketones (excluding diaryl/α,β-unsaturated/α-hetero) is 1. The molecule has 0 aromatic heterocycles. The molecule has 2 saturated carbocycles. The Kier molecular flexibility index (Phi) is 10.3. The van der Waals surface area contributed by atoms with Gasteiger partial charge in [0.05, 0.1) is 35.8 Å². The van der Waals surface area contributed by atoms with Crippen LogP contribution < -0.4 is 5.32 Å². The van der Waals surface area contributed by atoms with Gasteiger partial charge in [-0.25, -0.2) is 14.0 Å². The van der Waals surface area contributed by atoms with Gasteiger partial charge in [0.2, 0.25) is 0 Å². The fourth-order valence-corrected chi connectivity index (χ4v) is 9.55. The first-order valence-electron chi connectivity index (χ1n) is 18.8. The zero-order valence-corrected chi connectivity index (χ0v) is 31.8. The van der Waals surface area contributed by atoms with Crippen LogP contribution in [0.15, 0.2) is 96.1 Å². The molecule has 4 aliphatic rings. The molecule has 3 aromatic carbocycles. The molecule has 1 amide bonds. The largest absolute Gasteiger partial charge is 0.456 e. The summed E-state index contributed by atoms with van der Waals surface area (Å²) < 4.78 is 31.7. The molecular weight excluding hydrogens is 741 g/mol. The van der Waals surface area contributed by atoms with Gasteiger partial charge in [-0.1, -0.05) is 62.4 Å². The van der Waals surface area contributed by atoms with E-state index < -0.39 is 106 Å². The summed E-state index contributed by atoms with van der Waals surface area (Å²) in [5, 5.41) is 63.4. The zero-order chi connectivity index (χ0) is 41.2. The van der Waals surface area contributed by atoms with Gasteiger partial charge in [-0.3, -0.25) is 9.59 Å². The average Bonchev–Trinajstić information content (AvgIpc) is 3.19. The van der Waals surface area contributed by atoms with Crippen molar-refractivity contribution >= 4 is 23.6 Å². The van der Waals surface area contributed by atoms with Gasteiger partial charge in [0.1, 0.15) is 35.3 Å². The molecule has 0 radical (unpaired) electrons. The standard InChI is InChI=1S/C43H46FNO12/c1-22-27(56-39(52)33(48)31(23-15-17-26(44)18-16-23)45-37(50)24-11-7-5-8-12-24)20-43(54)36(57-38(51)25-13-9-6-10-14-25)34-41(4,28(46)19-29-42(34,53)21-55-29)35(49)32(47)30(22)40(43,2)3/h5-18,27-29,31-34,36,46-48,53-54H,19-21H2,1-4H3,(H,45,50)/t27?,28?,29?,31?,32?,33?,34?,36?,41-,42+,43?/m1/s1. The molecule has 3 aliphatic carbocycles. The highest BCUT2D eigenvalue weighted by Gasteiger charge is 2.76. The van der Waals surface area contributed by atoms with Crippen molar-refractivity contribution in [3.05, 3.63) is 119 Å². The Morgan fingerprint density at radius 3 is 2.07 bits per heavy atom. The van der Waals surface area contributed by atoms with Crippen LogP contribution in [0.2, 0.25) is 0 Å². The van der Waals surface area contributed by atoms with E-state index >= 15 is 0 Å². The van der Waals surface area contributed by atoms with Crippen LogP contribution >= 0.6 is 0 Å². The van der Waals surface area contributed by atoms with E-state index in [1.54, 1.807) is 36.4 Å². The minimum absolute atomic E-state index is 0.0763. The predicted octanol–water partition coefficient (Wildman–Crippen LogP) is 2.73. The maximum absolute atomic E-state index is 14.7. The maximum atomic E-state index is 14.7. The Balaban J connectivity index is 1.31. The molecule has 57 heavy (non-hydrogen) atoms. The highest BCUT2D eigenvalue weighted by atomic mass is 19.1. The lowest BCUT2D eigenvalue weighted by Crippen LogP contribution is -2.81. The number of hydrogen-bond acceptors (Lipinski definition) is 12. The summed E-state index contributed by atoms with van der Waals surface area (Å²) in [6, 6.07) is 19.1. The number of ether oxygens (including phenoxy) is 3. The second-order valence-electron chi connectivity index (χ2n) is 16.4. The van der Waals surface area contributed by atoms with Crippen molar-refractivity contribution < 1.29 is 63.3 Å². The normalized spacial score (nSPS) is 33.9. The topological polar surface area (TPSA) is 209 Å². The summed E-state index contributed by atoms with van der Waals surface area (Å²) in [6.45, 7) is 5.57. The molecule has 14 heteroatoms. The van der Waals surface area contributed by atoms with Crippen LogP contribution in [0.1, 0.15) is 72.9 Å². The number of aliphatic hydroxyl groups is 5. The van der Waals surface area contributed by atoms with Crippen molar-refractivity contribution in [1.82, 2.24) is 5.32 Å². The van der Waals surface area contributed by atoms with E-state index in [4.69, 9.17) is 14.2 Å². The Hall–Kier alpha value is -4.83. The fraction of sp³-hybridized carbons (Fsp3) is 0.442. The minimum Gasteiger partial charge on any atom is -0.456 e. The monoisotopic (exact) mass is 787 g/mol. The van der Waals surface area contributed by atoms with Crippen molar-refractivity contribution in [3.8, 4) is 0 Å². The molecule has 1 heterocycles. The number of ketones is 1. The van der Waals surface area contributed by atoms with E-state index in [9.17, 15) is 49.1 Å². The number of aliphatic hydroxyl groups excluding tert-OH is 3. The molecular formula is C43H46FNO12. The average molecular weight is 788 g/mol. The summed E-state index contributed by atoms with van der Waals surface area (Å²) in [5.74, 6) is -5.95. The van der Waals surface area contributed by atoms with Crippen molar-refractivity contribution in [2.24, 2.45) is 16.7 Å². The Labute approximate surface area is 328 Å². The fourth-order valence-electron chi connectivity index (χ4n) is 9.55. The van der Waals surface area contributed by atoms with Crippen molar-refractivity contribution in [2.45, 2.75) is 94.4 Å². The molecule has 11 atom stereocenters. The summed E-state index contributed by atoms with van der Waals surface area (Å²) >= 11 is 0. The number of carbonyl (C=O) groups is 4. The minimum atomic E-state index is -2.35. The molecule has 9 unspecified atom stereocenters. The van der Waals surface area contributed by atoms with E-state index in [1.807, 2.05) is 0 Å². The number of carbonyl (C=O) groups excluding carboxylic acids is 4. The quantitative estimate of drug-likeness (QED) is 0.144. The SMILES string of the molecule is CC1=C2C(O)C(=O)[C@]3(C)C(O)CC4OC[C@@]4(O)C3C(OC(=O)c3ccccc3)C(O)(CC1OC(=O)C(O)C(NC(=O)c1ccccc1)c1ccc(F)cc1)C2(C)C. The van der Waals surface area contributed by atoms with E-state index in [2.05, 4.69) is 5.32 Å². The lowest BCUT2D eigenvalue weighted by Gasteiger charge is -2.66. The molecule has 1 saturated heterocycles. The second-order valence-corrected chi connectivity index (χ2v) is 16.4. The van der Waals surface area contributed by atoms with Crippen LogP contribution in [0, 0.1) is 22.6 Å². The summed E-state index contributed by atoms with van der Waals surface area (Å²) in [4.78, 5) is 56.0. The van der Waals surface area contributed by atoms with Gasteiger partial charge in [0, 0.05) is 29.7 Å². The molecule has 302 valence electrons. The Morgan fingerprint density at radius 2 is 1.49 bits per heavy atom. The predicted molar refractivity (Wildman–Crippen MR) is 199 cm³/mol. The van der Waals surface area contributed by atoms with Crippen LogP contribution in [0.4, 0.5) is 4.39 Å². The molecule has 6 N–H and O–H groups in total. The smallest absolute Gasteiger partial charge is 0.338 e. The number of hydrogen-bond donors (Lipinski definition) is 6. The number of halogens is 1.